The molecule has 0 aliphatic carbocycles. The highest BCUT2D eigenvalue weighted by molar-refractivity contribution is 5.71. The first-order valence-electron chi connectivity index (χ1n) is 7.28. The van der Waals surface area contributed by atoms with Crippen molar-refractivity contribution in [1.82, 2.24) is 0 Å². The Bertz CT molecular complexity index is 773. The maximum Gasteiger partial charge on any atom is 0.212 e. The van der Waals surface area contributed by atoms with Gasteiger partial charge in [0.2, 0.25) is 5.69 Å². The van der Waals surface area contributed by atoms with Crippen LogP contribution in [-0.4, -0.2) is 0 Å². The van der Waals surface area contributed by atoms with Crippen molar-refractivity contribution in [2.24, 2.45) is 7.05 Å². The minimum Gasteiger partial charge on any atom is -0.201 e. The lowest BCUT2D eigenvalue weighted by Gasteiger charge is -2.08. The first kappa shape index (κ1) is 13.6. The summed E-state index contributed by atoms with van der Waals surface area (Å²) in [5.74, 6) is 0. The molecule has 104 valence electrons. The van der Waals surface area contributed by atoms with Gasteiger partial charge in [-0.3, -0.25) is 0 Å². The number of pyridine rings is 1. The Morgan fingerprint density at radius 3 is 2.19 bits per heavy atom. The molecule has 0 saturated heterocycles. The van der Waals surface area contributed by atoms with Crippen LogP contribution in [0.15, 0.2) is 66.9 Å². The molecule has 0 spiro atoms. The van der Waals surface area contributed by atoms with Crippen LogP contribution in [0.5, 0.6) is 0 Å². The molecule has 0 radical (unpaired) electrons. The van der Waals surface area contributed by atoms with Gasteiger partial charge in [-0.25, -0.2) is 4.57 Å². The number of aromatic nitrogens is 1. The minimum absolute atomic E-state index is 1.24. The van der Waals surface area contributed by atoms with Crippen LogP contribution in [0.3, 0.4) is 0 Å². The molecule has 0 amide bonds. The average molecular weight is 274 g/mol. The van der Waals surface area contributed by atoms with Gasteiger partial charge in [-0.1, -0.05) is 36.4 Å². The molecule has 1 aromatic heterocycles. The smallest absolute Gasteiger partial charge is 0.201 e. The lowest BCUT2D eigenvalue weighted by atomic mass is 9.97. The molecule has 3 aromatic rings. The van der Waals surface area contributed by atoms with Crippen LogP contribution in [-0.2, 0) is 7.05 Å². The summed E-state index contributed by atoms with van der Waals surface area (Å²) in [5.41, 5.74) is 7.65. The number of aryl methyl sites for hydroxylation is 3. The largest absolute Gasteiger partial charge is 0.212 e. The lowest BCUT2D eigenvalue weighted by Crippen LogP contribution is -2.30. The maximum absolute atomic E-state index is 2.27. The van der Waals surface area contributed by atoms with E-state index >= 15 is 0 Å². The van der Waals surface area contributed by atoms with E-state index in [0.29, 0.717) is 0 Å². The number of rotatable bonds is 2. The molecule has 21 heavy (non-hydrogen) atoms. The molecule has 1 heteroatoms. The normalized spacial score (nSPS) is 10.6. The summed E-state index contributed by atoms with van der Waals surface area (Å²) in [4.78, 5) is 0. The number of benzene rings is 2. The van der Waals surface area contributed by atoms with E-state index in [9.17, 15) is 0 Å². The Morgan fingerprint density at radius 1 is 0.762 bits per heavy atom. The maximum atomic E-state index is 2.27. The molecule has 0 N–H and O–H groups in total. The lowest BCUT2D eigenvalue weighted by molar-refractivity contribution is -0.660. The van der Waals surface area contributed by atoms with Crippen molar-refractivity contribution >= 4 is 0 Å². The van der Waals surface area contributed by atoms with Gasteiger partial charge >= 0.3 is 0 Å². The van der Waals surface area contributed by atoms with Crippen molar-refractivity contribution in [2.75, 3.05) is 0 Å². The fraction of sp³-hybridized carbons (Fsp3) is 0.150. The third-order valence-corrected chi connectivity index (χ3v) is 3.89. The molecule has 1 heterocycles. The van der Waals surface area contributed by atoms with Crippen LogP contribution in [0.4, 0.5) is 0 Å². The summed E-state index contributed by atoms with van der Waals surface area (Å²) in [6, 6.07) is 21.6. The monoisotopic (exact) mass is 274 g/mol. The molecule has 2 aromatic carbocycles. The molecule has 0 bridgehead atoms. The zero-order valence-corrected chi connectivity index (χ0v) is 12.8. The molecule has 0 saturated carbocycles. The van der Waals surface area contributed by atoms with E-state index in [-0.39, 0.29) is 0 Å². The minimum atomic E-state index is 1.24. The molecule has 1 nitrogen and oxygen atoms in total. The van der Waals surface area contributed by atoms with Gasteiger partial charge in [0.25, 0.3) is 0 Å². The van der Waals surface area contributed by atoms with Crippen molar-refractivity contribution in [2.45, 2.75) is 13.8 Å². The van der Waals surface area contributed by atoms with Gasteiger partial charge in [-0.15, -0.1) is 0 Å². The van der Waals surface area contributed by atoms with E-state index in [2.05, 4.69) is 92.3 Å². The zero-order valence-electron chi connectivity index (χ0n) is 12.8. The van der Waals surface area contributed by atoms with Gasteiger partial charge < -0.3 is 0 Å². The quantitative estimate of drug-likeness (QED) is 0.607. The molecule has 0 atom stereocenters. The Labute approximate surface area is 126 Å². The van der Waals surface area contributed by atoms with Crippen LogP contribution in [0.1, 0.15) is 11.1 Å². The van der Waals surface area contributed by atoms with E-state index in [1.54, 1.807) is 0 Å². The fourth-order valence-corrected chi connectivity index (χ4v) is 2.81. The van der Waals surface area contributed by atoms with Crippen molar-refractivity contribution in [3.8, 4) is 22.4 Å². The molecule has 0 aliphatic rings. The second kappa shape index (κ2) is 5.53. The van der Waals surface area contributed by atoms with Gasteiger partial charge in [-0.05, 0) is 48.7 Å². The Hall–Kier alpha value is -2.41. The van der Waals surface area contributed by atoms with E-state index in [1.807, 2.05) is 0 Å². The van der Waals surface area contributed by atoms with Crippen LogP contribution < -0.4 is 4.57 Å². The third-order valence-electron chi connectivity index (χ3n) is 3.89. The Balaban J connectivity index is 2.06. The summed E-state index contributed by atoms with van der Waals surface area (Å²) < 4.78 is 2.19. The summed E-state index contributed by atoms with van der Waals surface area (Å²) in [5, 5.41) is 0. The van der Waals surface area contributed by atoms with Crippen molar-refractivity contribution in [3.63, 3.8) is 0 Å². The topological polar surface area (TPSA) is 3.88 Å². The Morgan fingerprint density at radius 2 is 1.52 bits per heavy atom. The summed E-state index contributed by atoms with van der Waals surface area (Å²) in [6.45, 7) is 4.30. The van der Waals surface area contributed by atoms with Crippen LogP contribution in [0, 0.1) is 13.8 Å². The average Bonchev–Trinajstić information content (AvgIpc) is 2.48. The summed E-state index contributed by atoms with van der Waals surface area (Å²) in [6.07, 6.45) is 2.16. The molecule has 0 fully saturated rings. The van der Waals surface area contributed by atoms with Gasteiger partial charge in [0.15, 0.2) is 6.20 Å². The van der Waals surface area contributed by atoms with Crippen molar-refractivity contribution in [3.05, 3.63) is 78.0 Å². The first-order valence-corrected chi connectivity index (χ1v) is 7.28. The highest BCUT2D eigenvalue weighted by atomic mass is 14.9. The van der Waals surface area contributed by atoms with Crippen molar-refractivity contribution < 1.29 is 4.57 Å². The van der Waals surface area contributed by atoms with Crippen molar-refractivity contribution in [1.29, 1.82) is 0 Å². The molecule has 0 unspecified atom stereocenters. The second-order valence-electron chi connectivity index (χ2n) is 5.60. The third kappa shape index (κ3) is 2.73. The van der Waals surface area contributed by atoms with Crippen LogP contribution in [0.25, 0.3) is 22.4 Å². The number of nitrogens with zero attached hydrogens (tertiary/aromatic N) is 1. The first-order chi connectivity index (χ1) is 10.1. The van der Waals surface area contributed by atoms with Gasteiger partial charge in [0, 0.05) is 17.2 Å². The summed E-state index contributed by atoms with van der Waals surface area (Å²) >= 11 is 0. The van der Waals surface area contributed by atoms with Gasteiger partial charge in [0.05, 0.1) is 0 Å². The fourth-order valence-electron chi connectivity index (χ4n) is 2.81. The highest BCUT2D eigenvalue weighted by Gasteiger charge is 2.11. The zero-order chi connectivity index (χ0) is 14.8. The molecule has 3 rings (SSSR count). The van der Waals surface area contributed by atoms with Gasteiger partial charge in [0.1, 0.15) is 7.05 Å². The standard InChI is InChI=1S/C20H20N/c1-15-9-12-20(21(3)14-15)18-10-11-19(16(2)13-18)17-7-5-4-6-8-17/h4-14H,1-3H3/q+1. The number of hydrogen-bond acceptors (Lipinski definition) is 0. The van der Waals surface area contributed by atoms with E-state index < -0.39 is 0 Å². The molecular formula is C20H20N+. The van der Waals surface area contributed by atoms with Crippen LogP contribution in [0.2, 0.25) is 0 Å². The molecular weight excluding hydrogens is 254 g/mol. The van der Waals surface area contributed by atoms with E-state index in [1.165, 1.54) is 33.5 Å². The Kier molecular flexibility index (Phi) is 3.57. The predicted octanol–water partition coefficient (Wildman–Crippen LogP) is 4.46. The van der Waals surface area contributed by atoms with E-state index in [4.69, 9.17) is 0 Å². The SMILES string of the molecule is Cc1ccc(-c2ccc(-c3ccccc3)c(C)c2)[n+](C)c1. The number of hydrogen-bond donors (Lipinski definition) is 0. The van der Waals surface area contributed by atoms with E-state index in [0.717, 1.165) is 0 Å². The predicted molar refractivity (Wildman–Crippen MR) is 88.0 cm³/mol. The highest BCUT2D eigenvalue weighted by Crippen LogP contribution is 2.27. The second-order valence-corrected chi connectivity index (χ2v) is 5.60. The van der Waals surface area contributed by atoms with Gasteiger partial charge in [-0.2, -0.15) is 0 Å². The van der Waals surface area contributed by atoms with Crippen LogP contribution >= 0.6 is 0 Å². The molecule has 0 aliphatic heterocycles. The summed E-state index contributed by atoms with van der Waals surface area (Å²) in [7, 11) is 2.10.